The van der Waals surface area contributed by atoms with Crippen molar-refractivity contribution in [3.05, 3.63) is 58.6 Å². The summed E-state index contributed by atoms with van der Waals surface area (Å²) in [5, 5.41) is 5.98. The predicted octanol–water partition coefficient (Wildman–Crippen LogP) is 4.04. The first-order valence-electron chi connectivity index (χ1n) is 10.3. The van der Waals surface area contributed by atoms with Crippen molar-refractivity contribution in [3.8, 4) is 0 Å². The number of carbonyl (C=O) groups is 1. The molecule has 3 N–H and O–H groups in total. The minimum Gasteiger partial charge on any atom is -0.381 e. The molecule has 2 aromatic carbocycles. The lowest BCUT2D eigenvalue weighted by Gasteiger charge is -2.37. The smallest absolute Gasteiger partial charge is 0.330 e. The second kappa shape index (κ2) is 9.69. The van der Waals surface area contributed by atoms with Gasteiger partial charge in [0.15, 0.2) is 0 Å². The van der Waals surface area contributed by atoms with Crippen molar-refractivity contribution >= 4 is 28.9 Å². The number of hydrogen-bond donors (Lipinski definition) is 2. The van der Waals surface area contributed by atoms with Crippen LogP contribution in [0.2, 0.25) is 5.02 Å². The molecule has 0 aromatic heterocycles. The molecule has 1 heterocycles. The second-order valence-electron chi connectivity index (χ2n) is 8.54. The molecule has 6 nitrogen and oxygen atoms in total. The van der Waals surface area contributed by atoms with Gasteiger partial charge in [0, 0.05) is 48.1 Å². The van der Waals surface area contributed by atoms with Gasteiger partial charge in [0.25, 0.3) is 0 Å². The monoisotopic (exact) mass is 430 g/mol. The number of hydrogen-bond acceptors (Lipinski definition) is 6. The maximum atomic E-state index is 12.1. The van der Waals surface area contributed by atoms with Gasteiger partial charge in [-0.05, 0) is 50.6 Å². The quantitative estimate of drug-likeness (QED) is 0.720. The normalized spacial score (nSPS) is 15.2. The van der Waals surface area contributed by atoms with Crippen LogP contribution >= 0.6 is 11.6 Å². The first-order valence-corrected chi connectivity index (χ1v) is 10.7. The van der Waals surface area contributed by atoms with E-state index < -0.39 is 5.41 Å². The number of nitrogens with one attached hydrogen (secondary N) is 1. The molecular weight excluding hydrogens is 400 g/mol. The maximum Gasteiger partial charge on any atom is 0.330 e. The van der Waals surface area contributed by atoms with E-state index in [1.165, 1.54) is 0 Å². The van der Waals surface area contributed by atoms with Crippen molar-refractivity contribution in [1.82, 2.24) is 5.06 Å². The van der Waals surface area contributed by atoms with Crippen LogP contribution in [0.25, 0.3) is 0 Å². The third-order valence-corrected chi connectivity index (χ3v) is 5.37. The number of nitrogens with two attached hydrogens (primary N) is 1. The highest BCUT2D eigenvalue weighted by Crippen LogP contribution is 2.29. The van der Waals surface area contributed by atoms with E-state index in [1.54, 1.807) is 5.06 Å². The van der Waals surface area contributed by atoms with Crippen molar-refractivity contribution in [3.63, 3.8) is 0 Å². The van der Waals surface area contributed by atoms with Crippen LogP contribution in [0.1, 0.15) is 31.9 Å². The van der Waals surface area contributed by atoms with Crippen molar-refractivity contribution in [2.45, 2.75) is 33.9 Å². The standard InChI is InChI=1S/C23H31ClN4O2/c1-23(2,3)22(29)30-28-12-10-27(11-13-28)21-9-5-8-20(19(21)15-25)26-16-17-6-4-7-18(24)14-17/h4-9,14,26H,10-13,15-16,25H2,1-3H3. The van der Waals surface area contributed by atoms with Crippen LogP contribution in [0.5, 0.6) is 0 Å². The number of rotatable bonds is 6. The molecule has 0 aliphatic carbocycles. The summed E-state index contributed by atoms with van der Waals surface area (Å²) in [7, 11) is 0. The number of anilines is 2. The molecule has 0 spiro atoms. The summed E-state index contributed by atoms with van der Waals surface area (Å²) in [5.41, 5.74) is 9.96. The molecule has 1 fully saturated rings. The third kappa shape index (κ3) is 5.65. The Bertz CT molecular complexity index is 874. The highest BCUT2D eigenvalue weighted by Gasteiger charge is 2.28. The van der Waals surface area contributed by atoms with Gasteiger partial charge < -0.3 is 20.8 Å². The Morgan fingerprint density at radius 3 is 2.47 bits per heavy atom. The number of piperazine rings is 1. The number of carbonyl (C=O) groups excluding carboxylic acids is 1. The Balaban J connectivity index is 1.65. The van der Waals surface area contributed by atoms with Gasteiger partial charge in [-0.3, -0.25) is 0 Å². The largest absolute Gasteiger partial charge is 0.381 e. The van der Waals surface area contributed by atoms with Gasteiger partial charge in [-0.25, -0.2) is 4.79 Å². The van der Waals surface area contributed by atoms with E-state index in [0.29, 0.717) is 26.2 Å². The predicted molar refractivity (Wildman–Crippen MR) is 122 cm³/mol. The molecule has 1 aliphatic rings. The van der Waals surface area contributed by atoms with Crippen LogP contribution in [0.15, 0.2) is 42.5 Å². The Kier molecular flexibility index (Phi) is 7.23. The molecule has 0 atom stereocenters. The fourth-order valence-electron chi connectivity index (χ4n) is 3.37. The van der Waals surface area contributed by atoms with Crippen molar-refractivity contribution in [2.75, 3.05) is 36.4 Å². The summed E-state index contributed by atoms with van der Waals surface area (Å²) in [4.78, 5) is 20.0. The van der Waals surface area contributed by atoms with Gasteiger partial charge in [0.1, 0.15) is 0 Å². The number of halogens is 1. The lowest BCUT2D eigenvalue weighted by Crippen LogP contribution is -2.48. The highest BCUT2D eigenvalue weighted by molar-refractivity contribution is 6.30. The Morgan fingerprint density at radius 2 is 1.83 bits per heavy atom. The molecule has 0 saturated carbocycles. The van der Waals surface area contributed by atoms with Gasteiger partial charge in [-0.2, -0.15) is 0 Å². The molecule has 3 rings (SSSR count). The molecule has 1 saturated heterocycles. The molecule has 162 valence electrons. The van der Waals surface area contributed by atoms with Crippen LogP contribution < -0.4 is 16.0 Å². The fourth-order valence-corrected chi connectivity index (χ4v) is 3.58. The zero-order valence-corrected chi connectivity index (χ0v) is 18.7. The minimum absolute atomic E-state index is 0.203. The van der Waals surface area contributed by atoms with Gasteiger partial charge >= 0.3 is 5.97 Å². The Labute approximate surface area is 183 Å². The average molecular weight is 431 g/mol. The second-order valence-corrected chi connectivity index (χ2v) is 8.97. The average Bonchev–Trinajstić information content (AvgIpc) is 2.72. The van der Waals surface area contributed by atoms with E-state index in [2.05, 4.69) is 22.3 Å². The Hall–Kier alpha value is -2.28. The van der Waals surface area contributed by atoms with Crippen LogP contribution in [0.4, 0.5) is 11.4 Å². The minimum atomic E-state index is -0.507. The van der Waals surface area contributed by atoms with E-state index >= 15 is 0 Å². The van der Waals surface area contributed by atoms with Gasteiger partial charge in [0.05, 0.1) is 18.5 Å². The van der Waals surface area contributed by atoms with E-state index in [9.17, 15) is 4.79 Å². The topological polar surface area (TPSA) is 70.8 Å². The van der Waals surface area contributed by atoms with E-state index in [1.807, 2.05) is 51.1 Å². The summed E-state index contributed by atoms with van der Waals surface area (Å²) in [6, 6.07) is 14.0. The van der Waals surface area contributed by atoms with Gasteiger partial charge in [-0.15, -0.1) is 5.06 Å². The molecule has 0 amide bonds. The third-order valence-electron chi connectivity index (χ3n) is 5.13. The summed E-state index contributed by atoms with van der Waals surface area (Å²) in [6.07, 6.45) is 0. The SMILES string of the molecule is CC(C)(C)C(=O)ON1CCN(c2cccc(NCc3cccc(Cl)c3)c2CN)CC1. The summed E-state index contributed by atoms with van der Waals surface area (Å²) >= 11 is 6.09. The van der Waals surface area contributed by atoms with Crippen molar-refractivity contribution in [1.29, 1.82) is 0 Å². The highest BCUT2D eigenvalue weighted by atomic mass is 35.5. The number of hydroxylamine groups is 2. The zero-order valence-electron chi connectivity index (χ0n) is 18.0. The van der Waals surface area contributed by atoms with Crippen LogP contribution in [-0.2, 0) is 22.7 Å². The van der Waals surface area contributed by atoms with Crippen LogP contribution in [-0.4, -0.2) is 37.2 Å². The van der Waals surface area contributed by atoms with Gasteiger partial charge in [-0.1, -0.05) is 29.8 Å². The number of nitrogens with zero attached hydrogens (tertiary/aromatic N) is 2. The molecule has 0 unspecified atom stereocenters. The molecule has 0 radical (unpaired) electrons. The molecule has 1 aliphatic heterocycles. The first-order chi connectivity index (χ1) is 14.3. The van der Waals surface area contributed by atoms with E-state index in [0.717, 1.165) is 40.6 Å². The maximum absolute atomic E-state index is 12.1. The lowest BCUT2D eigenvalue weighted by atomic mass is 9.98. The molecule has 0 bridgehead atoms. The summed E-state index contributed by atoms with van der Waals surface area (Å²) in [6.45, 7) is 9.55. The molecule has 7 heteroatoms. The van der Waals surface area contributed by atoms with E-state index in [4.69, 9.17) is 22.2 Å². The van der Waals surface area contributed by atoms with Crippen molar-refractivity contribution < 1.29 is 9.63 Å². The van der Waals surface area contributed by atoms with Crippen molar-refractivity contribution in [2.24, 2.45) is 11.1 Å². The lowest BCUT2D eigenvalue weighted by molar-refractivity contribution is -0.201. The zero-order chi connectivity index (χ0) is 21.7. The fraction of sp³-hybridized carbons (Fsp3) is 0.435. The van der Waals surface area contributed by atoms with E-state index in [-0.39, 0.29) is 5.97 Å². The molecular formula is C23H31ClN4O2. The molecule has 30 heavy (non-hydrogen) atoms. The number of benzene rings is 2. The first kappa shape index (κ1) is 22.4. The summed E-state index contributed by atoms with van der Waals surface area (Å²) in [5.74, 6) is -0.203. The molecule has 2 aromatic rings. The summed E-state index contributed by atoms with van der Waals surface area (Å²) < 4.78 is 0. The van der Waals surface area contributed by atoms with Crippen LogP contribution in [0.3, 0.4) is 0 Å². The Morgan fingerprint density at radius 1 is 1.13 bits per heavy atom. The van der Waals surface area contributed by atoms with Gasteiger partial charge in [0.2, 0.25) is 0 Å². The van der Waals surface area contributed by atoms with Crippen LogP contribution in [0, 0.1) is 5.41 Å².